The molecule has 0 spiro atoms. The predicted octanol–water partition coefficient (Wildman–Crippen LogP) is 0.122. The third-order valence-corrected chi connectivity index (χ3v) is 3.75. The molecule has 0 saturated heterocycles. The van der Waals surface area contributed by atoms with E-state index in [2.05, 4.69) is 19.9 Å². The van der Waals surface area contributed by atoms with E-state index >= 15 is 0 Å². The molecule has 0 atom stereocenters. The third kappa shape index (κ3) is 3.87. The lowest BCUT2D eigenvalue weighted by Crippen LogP contribution is -2.25. The molecular formula is C11H12N4O4S. The van der Waals surface area contributed by atoms with Crippen LogP contribution < -0.4 is 4.72 Å². The van der Waals surface area contributed by atoms with Crippen molar-refractivity contribution in [1.82, 2.24) is 19.9 Å². The zero-order chi connectivity index (χ0) is 14.6. The third-order valence-electron chi connectivity index (χ3n) is 2.46. The quantitative estimate of drug-likeness (QED) is 0.695. The van der Waals surface area contributed by atoms with Crippen molar-refractivity contribution < 1.29 is 18.3 Å². The summed E-state index contributed by atoms with van der Waals surface area (Å²) >= 11 is 0. The van der Waals surface area contributed by atoms with Crippen LogP contribution in [0.25, 0.3) is 0 Å². The van der Waals surface area contributed by atoms with Gasteiger partial charge in [0.15, 0.2) is 0 Å². The van der Waals surface area contributed by atoms with E-state index in [1.54, 1.807) is 6.07 Å². The number of rotatable bonds is 6. The number of benzene rings is 1. The maximum Gasteiger partial charge on any atom is 0.335 e. The molecule has 0 aliphatic rings. The molecule has 1 aromatic carbocycles. The highest BCUT2D eigenvalue weighted by molar-refractivity contribution is 7.88. The maximum absolute atomic E-state index is 11.9. The molecule has 0 aliphatic carbocycles. The molecule has 8 nitrogen and oxygen atoms in total. The van der Waals surface area contributed by atoms with E-state index in [0.717, 1.165) is 0 Å². The molecule has 9 heteroatoms. The van der Waals surface area contributed by atoms with Gasteiger partial charge in [0.05, 0.1) is 17.9 Å². The van der Waals surface area contributed by atoms with Crippen molar-refractivity contribution in [3.63, 3.8) is 0 Å². The van der Waals surface area contributed by atoms with Gasteiger partial charge in [0.25, 0.3) is 0 Å². The lowest BCUT2D eigenvalue weighted by Gasteiger charge is -2.06. The van der Waals surface area contributed by atoms with E-state index < -0.39 is 16.0 Å². The van der Waals surface area contributed by atoms with Crippen molar-refractivity contribution in [3.05, 3.63) is 47.5 Å². The van der Waals surface area contributed by atoms with Gasteiger partial charge in [-0.05, 0) is 17.7 Å². The van der Waals surface area contributed by atoms with Crippen LogP contribution in [0, 0.1) is 0 Å². The van der Waals surface area contributed by atoms with Gasteiger partial charge in [-0.1, -0.05) is 12.1 Å². The first-order valence-electron chi connectivity index (χ1n) is 5.60. The first-order valence-corrected chi connectivity index (χ1v) is 7.25. The summed E-state index contributed by atoms with van der Waals surface area (Å²) in [5.41, 5.74) is 0.447. The summed E-state index contributed by atoms with van der Waals surface area (Å²) in [5, 5.41) is 15.0. The van der Waals surface area contributed by atoms with Gasteiger partial charge in [-0.2, -0.15) is 5.10 Å². The second-order valence-corrected chi connectivity index (χ2v) is 5.82. The summed E-state index contributed by atoms with van der Waals surface area (Å²) in [6.45, 7) is 0.000947. The van der Waals surface area contributed by atoms with Gasteiger partial charge >= 0.3 is 5.97 Å². The topological polar surface area (TPSA) is 125 Å². The fourth-order valence-electron chi connectivity index (χ4n) is 1.56. The number of H-pyrrole nitrogens is 1. The molecule has 2 rings (SSSR count). The number of nitrogens with one attached hydrogen (secondary N) is 2. The first-order chi connectivity index (χ1) is 9.46. The Balaban J connectivity index is 2.04. The summed E-state index contributed by atoms with van der Waals surface area (Å²) in [4.78, 5) is 14.6. The van der Waals surface area contributed by atoms with Crippen molar-refractivity contribution in [2.75, 3.05) is 0 Å². The number of hydrogen-bond donors (Lipinski definition) is 3. The molecule has 0 amide bonds. The van der Waals surface area contributed by atoms with Crippen LogP contribution in [0.5, 0.6) is 0 Å². The lowest BCUT2D eigenvalue weighted by atomic mass is 10.1. The Kier molecular flexibility index (Phi) is 4.11. The first kappa shape index (κ1) is 14.2. The summed E-state index contributed by atoms with van der Waals surface area (Å²) in [6, 6.07) is 5.79. The fourth-order valence-corrected chi connectivity index (χ4v) is 2.64. The molecule has 0 fully saturated rings. The van der Waals surface area contributed by atoms with Gasteiger partial charge in [-0.15, -0.1) is 0 Å². The number of aromatic carboxylic acids is 1. The second kappa shape index (κ2) is 5.80. The zero-order valence-corrected chi connectivity index (χ0v) is 11.1. The Morgan fingerprint density at radius 3 is 2.85 bits per heavy atom. The standard InChI is InChI=1S/C11H12N4O4S/c16-11(17)9-3-1-2-8(4-9)6-20(18,19)14-5-10-12-7-13-15-10/h1-4,7,14H,5-6H2,(H,16,17)(H,12,13,15). The van der Waals surface area contributed by atoms with Crippen LogP contribution in [-0.2, 0) is 22.3 Å². The Labute approximate surface area is 114 Å². The fraction of sp³-hybridized carbons (Fsp3) is 0.182. The number of carboxylic acids is 1. The highest BCUT2D eigenvalue weighted by atomic mass is 32.2. The minimum Gasteiger partial charge on any atom is -0.478 e. The smallest absolute Gasteiger partial charge is 0.335 e. The summed E-state index contributed by atoms with van der Waals surface area (Å²) in [6.07, 6.45) is 1.28. The average molecular weight is 296 g/mol. The molecule has 20 heavy (non-hydrogen) atoms. The van der Waals surface area contributed by atoms with Crippen molar-refractivity contribution >= 4 is 16.0 Å². The van der Waals surface area contributed by atoms with E-state index in [4.69, 9.17) is 5.11 Å². The van der Waals surface area contributed by atoms with E-state index in [9.17, 15) is 13.2 Å². The highest BCUT2D eigenvalue weighted by Crippen LogP contribution is 2.09. The second-order valence-electron chi connectivity index (χ2n) is 4.02. The molecule has 0 unspecified atom stereocenters. The van der Waals surface area contributed by atoms with E-state index in [1.165, 1.54) is 24.5 Å². The lowest BCUT2D eigenvalue weighted by molar-refractivity contribution is 0.0696. The Hall–Kier alpha value is -2.26. The van der Waals surface area contributed by atoms with E-state index in [0.29, 0.717) is 11.4 Å². The van der Waals surface area contributed by atoms with E-state index in [1.807, 2.05) is 0 Å². The van der Waals surface area contributed by atoms with Crippen molar-refractivity contribution in [1.29, 1.82) is 0 Å². The van der Waals surface area contributed by atoms with Crippen LogP contribution in [0.2, 0.25) is 0 Å². The molecular weight excluding hydrogens is 284 g/mol. The van der Waals surface area contributed by atoms with Gasteiger partial charge in [-0.3, -0.25) is 5.10 Å². The number of sulfonamides is 1. The van der Waals surface area contributed by atoms with Crippen molar-refractivity contribution in [2.45, 2.75) is 12.3 Å². The number of carbonyl (C=O) groups is 1. The summed E-state index contributed by atoms with van der Waals surface area (Å²) in [5.74, 6) is -1.01. The minimum absolute atomic E-state index is 0.000947. The van der Waals surface area contributed by atoms with Gasteiger partial charge in [0, 0.05) is 0 Å². The van der Waals surface area contributed by atoms with Crippen LogP contribution in [-0.4, -0.2) is 34.7 Å². The minimum atomic E-state index is -3.58. The van der Waals surface area contributed by atoms with Crippen molar-refractivity contribution in [2.24, 2.45) is 0 Å². The molecule has 1 aromatic heterocycles. The molecule has 3 N–H and O–H groups in total. The number of aromatic nitrogens is 3. The summed E-state index contributed by atoms with van der Waals surface area (Å²) < 4.78 is 26.1. The van der Waals surface area contributed by atoms with Gasteiger partial charge in [0.1, 0.15) is 12.2 Å². The molecule has 0 radical (unpaired) electrons. The molecule has 0 saturated carbocycles. The normalized spacial score (nSPS) is 11.4. The Morgan fingerprint density at radius 2 is 2.20 bits per heavy atom. The van der Waals surface area contributed by atoms with E-state index in [-0.39, 0.29) is 17.9 Å². The van der Waals surface area contributed by atoms with Crippen molar-refractivity contribution in [3.8, 4) is 0 Å². The predicted molar refractivity (Wildman–Crippen MR) is 69.2 cm³/mol. The van der Waals surface area contributed by atoms with Crippen LogP contribution in [0.1, 0.15) is 21.7 Å². The van der Waals surface area contributed by atoms with Gasteiger partial charge in [-0.25, -0.2) is 22.9 Å². The number of nitrogens with zero attached hydrogens (tertiary/aromatic N) is 2. The molecule has 1 heterocycles. The monoisotopic (exact) mass is 296 g/mol. The molecule has 2 aromatic rings. The van der Waals surface area contributed by atoms with Gasteiger partial charge in [0.2, 0.25) is 10.0 Å². The van der Waals surface area contributed by atoms with Crippen LogP contribution in [0.3, 0.4) is 0 Å². The molecule has 0 aliphatic heterocycles. The van der Waals surface area contributed by atoms with Crippen LogP contribution in [0.15, 0.2) is 30.6 Å². The number of aromatic amines is 1. The van der Waals surface area contributed by atoms with Crippen LogP contribution in [0.4, 0.5) is 0 Å². The SMILES string of the molecule is O=C(O)c1cccc(CS(=O)(=O)NCc2ncn[nH]2)c1. The average Bonchev–Trinajstić information content (AvgIpc) is 2.89. The van der Waals surface area contributed by atoms with Gasteiger partial charge < -0.3 is 5.11 Å². The maximum atomic E-state index is 11.9. The molecule has 106 valence electrons. The highest BCUT2D eigenvalue weighted by Gasteiger charge is 2.13. The van der Waals surface area contributed by atoms with Crippen LogP contribution >= 0.6 is 0 Å². The number of carboxylic acid groups (broad SMARTS) is 1. The Bertz CT molecular complexity index is 697. The largest absolute Gasteiger partial charge is 0.478 e. The summed E-state index contributed by atoms with van der Waals surface area (Å²) in [7, 11) is -3.58. The zero-order valence-electron chi connectivity index (χ0n) is 10.3. The Morgan fingerprint density at radius 1 is 1.40 bits per heavy atom. The number of hydrogen-bond acceptors (Lipinski definition) is 5. The molecule has 0 bridgehead atoms.